The van der Waals surface area contributed by atoms with E-state index < -0.39 is 5.72 Å². The van der Waals surface area contributed by atoms with Gasteiger partial charge in [-0.05, 0) is 62.2 Å². The van der Waals surface area contributed by atoms with Crippen molar-refractivity contribution < 1.29 is 4.74 Å². The van der Waals surface area contributed by atoms with E-state index in [1.165, 1.54) is 11.3 Å². The molecule has 2 aromatic rings. The fourth-order valence-corrected chi connectivity index (χ4v) is 4.60. The van der Waals surface area contributed by atoms with Gasteiger partial charge in [-0.2, -0.15) is 0 Å². The Labute approximate surface area is 168 Å². The summed E-state index contributed by atoms with van der Waals surface area (Å²) in [5, 5.41) is 0.735. The van der Waals surface area contributed by atoms with Gasteiger partial charge in [-0.15, -0.1) is 0 Å². The Kier molecular flexibility index (Phi) is 4.27. The summed E-state index contributed by atoms with van der Waals surface area (Å²) in [6.45, 7) is 5.53. The van der Waals surface area contributed by atoms with E-state index >= 15 is 0 Å². The SMILES string of the molecule is CC1(C)c2ccccc2N(CCCI)C12C=Cc1cc(Cl)ccc1O2. The summed E-state index contributed by atoms with van der Waals surface area (Å²) in [6, 6.07) is 14.5. The maximum absolute atomic E-state index is 6.72. The summed E-state index contributed by atoms with van der Waals surface area (Å²) in [6.07, 6.45) is 5.51. The first-order valence-corrected chi connectivity index (χ1v) is 10.5. The Balaban J connectivity index is 1.86. The Bertz CT molecular complexity index is 848. The molecule has 0 saturated carbocycles. The predicted octanol–water partition coefficient (Wildman–Crippen LogP) is 6.06. The number of alkyl halides is 1. The van der Waals surface area contributed by atoms with Crippen molar-refractivity contribution in [3.8, 4) is 5.75 Å². The molecule has 0 radical (unpaired) electrons. The normalized spacial score (nSPS) is 22.6. The molecule has 2 aromatic carbocycles. The van der Waals surface area contributed by atoms with E-state index in [9.17, 15) is 0 Å². The van der Waals surface area contributed by atoms with Crippen LogP contribution in [0.2, 0.25) is 5.02 Å². The topological polar surface area (TPSA) is 12.5 Å². The van der Waals surface area contributed by atoms with E-state index in [0.29, 0.717) is 0 Å². The molecule has 130 valence electrons. The number of benzene rings is 2. The summed E-state index contributed by atoms with van der Waals surface area (Å²) < 4.78 is 7.85. The first kappa shape index (κ1) is 17.2. The van der Waals surface area contributed by atoms with Crippen molar-refractivity contribution in [3.05, 3.63) is 64.7 Å². The monoisotopic (exact) mass is 465 g/mol. The highest BCUT2D eigenvalue weighted by atomic mass is 127. The van der Waals surface area contributed by atoms with Crippen LogP contribution in [0.1, 0.15) is 31.4 Å². The van der Waals surface area contributed by atoms with Crippen molar-refractivity contribution in [1.29, 1.82) is 0 Å². The van der Waals surface area contributed by atoms with E-state index in [1.807, 2.05) is 18.2 Å². The molecule has 0 aromatic heterocycles. The minimum absolute atomic E-state index is 0.164. The van der Waals surface area contributed by atoms with Crippen LogP contribution in [-0.4, -0.2) is 16.7 Å². The van der Waals surface area contributed by atoms with E-state index in [-0.39, 0.29) is 5.41 Å². The lowest BCUT2D eigenvalue weighted by Gasteiger charge is -2.47. The van der Waals surface area contributed by atoms with Crippen LogP contribution in [0.15, 0.2) is 48.5 Å². The van der Waals surface area contributed by atoms with Gasteiger partial charge in [-0.3, -0.25) is 0 Å². The third-order valence-electron chi connectivity index (χ3n) is 5.41. The molecule has 4 rings (SSSR count). The molecule has 1 unspecified atom stereocenters. The Hall–Kier alpha value is -1.20. The van der Waals surface area contributed by atoms with Crippen LogP contribution in [-0.2, 0) is 5.41 Å². The third kappa shape index (κ3) is 2.50. The van der Waals surface area contributed by atoms with E-state index in [1.54, 1.807) is 0 Å². The maximum Gasteiger partial charge on any atom is 0.212 e. The number of hydrogen-bond acceptors (Lipinski definition) is 2. The molecule has 0 N–H and O–H groups in total. The summed E-state index contributed by atoms with van der Waals surface area (Å²) in [5.41, 5.74) is 2.98. The number of hydrogen-bond donors (Lipinski definition) is 0. The van der Waals surface area contributed by atoms with Gasteiger partial charge in [0.1, 0.15) is 5.75 Å². The molecule has 2 heterocycles. The zero-order valence-electron chi connectivity index (χ0n) is 14.4. The van der Waals surface area contributed by atoms with Crippen LogP contribution >= 0.6 is 34.2 Å². The van der Waals surface area contributed by atoms with Crippen LogP contribution < -0.4 is 9.64 Å². The first-order chi connectivity index (χ1) is 12.0. The number of halogens is 2. The van der Waals surface area contributed by atoms with Crippen LogP contribution in [0, 0.1) is 0 Å². The Morgan fingerprint density at radius 1 is 1.16 bits per heavy atom. The molecule has 25 heavy (non-hydrogen) atoms. The average molecular weight is 466 g/mol. The highest BCUT2D eigenvalue weighted by Crippen LogP contribution is 2.54. The lowest BCUT2D eigenvalue weighted by atomic mass is 9.76. The van der Waals surface area contributed by atoms with E-state index in [0.717, 1.165) is 33.7 Å². The minimum atomic E-state index is -0.511. The van der Waals surface area contributed by atoms with Gasteiger partial charge in [0.25, 0.3) is 0 Å². The molecule has 4 heteroatoms. The largest absolute Gasteiger partial charge is 0.463 e. The van der Waals surface area contributed by atoms with Gasteiger partial charge >= 0.3 is 0 Å². The molecule has 1 spiro atoms. The quantitative estimate of drug-likeness (QED) is 0.403. The van der Waals surface area contributed by atoms with Crippen molar-refractivity contribution in [1.82, 2.24) is 0 Å². The van der Waals surface area contributed by atoms with Gasteiger partial charge in [-0.1, -0.05) is 52.4 Å². The third-order valence-corrected chi connectivity index (χ3v) is 6.40. The van der Waals surface area contributed by atoms with E-state index in [2.05, 4.69) is 77.8 Å². The van der Waals surface area contributed by atoms with Gasteiger partial charge in [0.2, 0.25) is 5.72 Å². The standard InChI is InChI=1S/C21H21ClINO/c1-20(2)17-6-3-4-7-18(17)24(13-5-12-23)21(20)11-10-15-14-16(22)8-9-19(15)25-21/h3-4,6-11,14H,5,12-13H2,1-2H3. The van der Waals surface area contributed by atoms with Gasteiger partial charge in [-0.25, -0.2) is 0 Å². The molecule has 2 nitrogen and oxygen atoms in total. The van der Waals surface area contributed by atoms with Gasteiger partial charge in [0.05, 0.1) is 5.41 Å². The Morgan fingerprint density at radius 3 is 2.76 bits per heavy atom. The molecule has 0 amide bonds. The highest BCUT2D eigenvalue weighted by Gasteiger charge is 2.58. The van der Waals surface area contributed by atoms with Gasteiger partial charge in [0.15, 0.2) is 0 Å². The molecule has 0 saturated heterocycles. The molecule has 0 bridgehead atoms. The van der Waals surface area contributed by atoms with Gasteiger partial charge in [0, 0.05) is 27.2 Å². The smallest absolute Gasteiger partial charge is 0.212 e. The van der Waals surface area contributed by atoms with Gasteiger partial charge < -0.3 is 9.64 Å². The number of anilines is 1. The van der Waals surface area contributed by atoms with Crippen molar-refractivity contribution in [2.75, 3.05) is 15.9 Å². The zero-order chi connectivity index (χ0) is 17.7. The predicted molar refractivity (Wildman–Crippen MR) is 114 cm³/mol. The van der Waals surface area contributed by atoms with Crippen molar-refractivity contribution >= 4 is 46.0 Å². The van der Waals surface area contributed by atoms with Crippen LogP contribution in [0.25, 0.3) is 6.08 Å². The summed E-state index contributed by atoms with van der Waals surface area (Å²) >= 11 is 8.60. The fraction of sp³-hybridized carbons (Fsp3) is 0.333. The lowest BCUT2D eigenvalue weighted by molar-refractivity contribution is 0.0536. The summed E-state index contributed by atoms with van der Waals surface area (Å²) in [5.74, 6) is 0.896. The second-order valence-corrected chi connectivity index (χ2v) is 8.67. The number of para-hydroxylation sites is 1. The van der Waals surface area contributed by atoms with Crippen LogP contribution in [0.3, 0.4) is 0 Å². The van der Waals surface area contributed by atoms with Crippen LogP contribution in [0.4, 0.5) is 5.69 Å². The lowest BCUT2D eigenvalue weighted by Crippen LogP contribution is -2.59. The second kappa shape index (κ2) is 6.20. The molecule has 2 aliphatic heterocycles. The molecule has 0 aliphatic carbocycles. The van der Waals surface area contributed by atoms with Crippen LogP contribution in [0.5, 0.6) is 5.75 Å². The average Bonchev–Trinajstić information content (AvgIpc) is 2.78. The summed E-state index contributed by atoms with van der Waals surface area (Å²) in [7, 11) is 0. The van der Waals surface area contributed by atoms with E-state index in [4.69, 9.17) is 16.3 Å². The summed E-state index contributed by atoms with van der Waals surface area (Å²) in [4.78, 5) is 2.44. The second-order valence-electron chi connectivity index (χ2n) is 7.15. The zero-order valence-corrected chi connectivity index (χ0v) is 17.3. The fourth-order valence-electron chi connectivity index (χ4n) is 4.08. The molecule has 0 fully saturated rings. The molecule has 2 aliphatic rings. The molecule has 1 atom stereocenters. The number of nitrogens with zero attached hydrogens (tertiary/aromatic N) is 1. The number of rotatable bonds is 3. The molecular formula is C21H21ClINO. The van der Waals surface area contributed by atoms with Crippen molar-refractivity contribution in [2.45, 2.75) is 31.4 Å². The van der Waals surface area contributed by atoms with Crippen molar-refractivity contribution in [3.63, 3.8) is 0 Å². The first-order valence-electron chi connectivity index (χ1n) is 8.60. The number of fused-ring (bicyclic) bond motifs is 2. The maximum atomic E-state index is 6.72. The highest BCUT2D eigenvalue weighted by molar-refractivity contribution is 14.1. The number of ether oxygens (including phenoxy) is 1. The minimum Gasteiger partial charge on any atom is -0.463 e. The Morgan fingerprint density at radius 2 is 1.96 bits per heavy atom. The molecular weight excluding hydrogens is 445 g/mol. The van der Waals surface area contributed by atoms with Crippen molar-refractivity contribution in [2.24, 2.45) is 0 Å².